The summed E-state index contributed by atoms with van der Waals surface area (Å²) in [4.78, 5) is 15.0. The van der Waals surface area contributed by atoms with E-state index in [0.29, 0.717) is 10.0 Å². The maximum absolute atomic E-state index is 11.4. The van der Waals surface area contributed by atoms with Gasteiger partial charge in [-0.15, -0.1) is 4.47 Å². The Morgan fingerprint density at radius 2 is 1.85 bits per heavy atom. The Morgan fingerprint density at radius 1 is 1.30 bits per heavy atom. The topological polar surface area (TPSA) is 89.8 Å². The number of non-ortho nitro benzene ring substituents is 1. The average Bonchev–Trinajstić information content (AvgIpc) is 2.26. The first-order valence-corrected chi connectivity index (χ1v) is 7.82. The zero-order chi connectivity index (χ0) is 15.7. The third kappa shape index (κ3) is 3.81. The quantitative estimate of drug-likeness (QED) is 0.483. The predicted molar refractivity (Wildman–Crippen MR) is 76.1 cm³/mol. The standard InChI is InChI=1S/C11H15ClN2O5S/c1-11(2,3)8-5-9(13(15)16)7-10(6-8)14(19-4)20(12,17)18/h5-7H,1-4H3. The van der Waals surface area contributed by atoms with Crippen molar-refractivity contribution in [3.05, 3.63) is 33.9 Å². The first-order chi connectivity index (χ1) is 8.96. The molecule has 7 nitrogen and oxygen atoms in total. The number of hydrogen-bond donors (Lipinski definition) is 0. The number of nitro benzene ring substituents is 1. The lowest BCUT2D eigenvalue weighted by Crippen LogP contribution is -2.26. The van der Waals surface area contributed by atoms with E-state index in [1.165, 1.54) is 12.1 Å². The van der Waals surface area contributed by atoms with E-state index in [2.05, 4.69) is 0 Å². The van der Waals surface area contributed by atoms with Gasteiger partial charge in [0.05, 0.1) is 17.7 Å². The van der Waals surface area contributed by atoms with Gasteiger partial charge in [-0.05, 0) is 17.0 Å². The second-order valence-electron chi connectivity index (χ2n) is 5.10. The van der Waals surface area contributed by atoms with Crippen LogP contribution in [-0.4, -0.2) is 20.5 Å². The molecule has 0 aliphatic heterocycles. The summed E-state index contributed by atoms with van der Waals surface area (Å²) in [6.07, 6.45) is 0. The molecular weight excluding hydrogens is 308 g/mol. The van der Waals surface area contributed by atoms with Crippen molar-refractivity contribution in [1.82, 2.24) is 0 Å². The summed E-state index contributed by atoms with van der Waals surface area (Å²) < 4.78 is 23.2. The van der Waals surface area contributed by atoms with Crippen molar-refractivity contribution < 1.29 is 18.2 Å². The van der Waals surface area contributed by atoms with Gasteiger partial charge in [0.1, 0.15) is 0 Å². The maximum Gasteiger partial charge on any atom is 0.344 e. The van der Waals surface area contributed by atoms with Crippen molar-refractivity contribution in [2.24, 2.45) is 0 Å². The monoisotopic (exact) mass is 322 g/mol. The number of halogens is 1. The highest BCUT2D eigenvalue weighted by molar-refractivity contribution is 8.14. The molecule has 0 radical (unpaired) electrons. The summed E-state index contributed by atoms with van der Waals surface area (Å²) in [7, 11) is 2.13. The Bertz CT molecular complexity index is 624. The van der Waals surface area contributed by atoms with Crippen LogP contribution in [0.3, 0.4) is 0 Å². The maximum atomic E-state index is 11.4. The molecule has 9 heteroatoms. The van der Waals surface area contributed by atoms with Crippen LogP contribution in [0.15, 0.2) is 18.2 Å². The van der Waals surface area contributed by atoms with E-state index >= 15 is 0 Å². The van der Waals surface area contributed by atoms with Crippen molar-refractivity contribution in [2.45, 2.75) is 26.2 Å². The van der Waals surface area contributed by atoms with Crippen molar-refractivity contribution in [1.29, 1.82) is 0 Å². The van der Waals surface area contributed by atoms with E-state index in [4.69, 9.17) is 15.5 Å². The second kappa shape index (κ2) is 5.55. The van der Waals surface area contributed by atoms with Gasteiger partial charge >= 0.3 is 9.24 Å². The minimum absolute atomic E-state index is 0.0263. The number of nitro groups is 1. The molecular formula is C11H15ClN2O5S. The summed E-state index contributed by atoms with van der Waals surface area (Å²) in [5, 5.41) is 11.0. The molecule has 0 unspecified atom stereocenters. The van der Waals surface area contributed by atoms with Crippen LogP contribution in [0.4, 0.5) is 11.4 Å². The Morgan fingerprint density at radius 3 is 2.20 bits per heavy atom. The van der Waals surface area contributed by atoms with E-state index in [0.717, 1.165) is 13.2 Å². The van der Waals surface area contributed by atoms with Gasteiger partial charge < -0.3 is 0 Å². The molecule has 112 valence electrons. The van der Waals surface area contributed by atoms with E-state index in [1.807, 2.05) is 20.8 Å². The number of rotatable bonds is 4. The van der Waals surface area contributed by atoms with Gasteiger partial charge in [-0.1, -0.05) is 20.8 Å². The molecule has 0 fully saturated rings. The largest absolute Gasteiger partial charge is 0.344 e. The lowest BCUT2D eigenvalue weighted by molar-refractivity contribution is -0.384. The van der Waals surface area contributed by atoms with Crippen molar-refractivity contribution >= 4 is 31.3 Å². The molecule has 0 bridgehead atoms. The zero-order valence-corrected chi connectivity index (χ0v) is 13.0. The molecule has 0 aromatic heterocycles. The molecule has 0 N–H and O–H groups in total. The molecule has 1 aromatic carbocycles. The fourth-order valence-corrected chi connectivity index (χ4v) is 2.50. The van der Waals surface area contributed by atoms with Crippen molar-refractivity contribution in [3.8, 4) is 0 Å². The second-order valence-corrected chi connectivity index (χ2v) is 7.42. The van der Waals surface area contributed by atoms with Gasteiger partial charge in [0.15, 0.2) is 0 Å². The molecule has 1 aromatic rings. The molecule has 20 heavy (non-hydrogen) atoms. The van der Waals surface area contributed by atoms with Crippen LogP contribution >= 0.6 is 10.7 Å². The molecule has 0 heterocycles. The van der Waals surface area contributed by atoms with Gasteiger partial charge in [0, 0.05) is 22.8 Å². The summed E-state index contributed by atoms with van der Waals surface area (Å²) in [5.74, 6) is 0. The lowest BCUT2D eigenvalue weighted by atomic mass is 9.86. The number of anilines is 1. The van der Waals surface area contributed by atoms with E-state index < -0.39 is 19.6 Å². The van der Waals surface area contributed by atoms with E-state index in [-0.39, 0.29) is 11.4 Å². The number of nitrogens with zero attached hydrogens (tertiary/aromatic N) is 2. The van der Waals surface area contributed by atoms with Gasteiger partial charge in [-0.2, -0.15) is 8.42 Å². The predicted octanol–water partition coefficient (Wildman–Crippen LogP) is 2.74. The normalized spacial score (nSPS) is 12.2. The minimum Gasteiger partial charge on any atom is -0.261 e. The number of benzene rings is 1. The molecule has 0 saturated carbocycles. The summed E-state index contributed by atoms with van der Waals surface area (Å²) in [5.41, 5.74) is -0.0866. The third-order valence-electron chi connectivity index (χ3n) is 2.55. The van der Waals surface area contributed by atoms with Gasteiger partial charge in [0.2, 0.25) is 0 Å². The van der Waals surface area contributed by atoms with Crippen LogP contribution in [0.25, 0.3) is 0 Å². The van der Waals surface area contributed by atoms with Crippen LogP contribution < -0.4 is 4.47 Å². The van der Waals surface area contributed by atoms with Crippen LogP contribution in [-0.2, 0) is 19.5 Å². The molecule has 0 amide bonds. The summed E-state index contributed by atoms with van der Waals surface area (Å²) >= 11 is 0. The Kier molecular flexibility index (Phi) is 4.62. The smallest absolute Gasteiger partial charge is 0.261 e. The first-order valence-electron chi connectivity index (χ1n) is 5.56. The highest BCUT2D eigenvalue weighted by atomic mass is 35.7. The Hall–Kier alpha value is -1.38. The van der Waals surface area contributed by atoms with Gasteiger partial charge in [-0.3, -0.25) is 15.0 Å². The van der Waals surface area contributed by atoms with Gasteiger partial charge in [-0.25, -0.2) is 0 Å². The third-order valence-corrected chi connectivity index (χ3v) is 3.69. The van der Waals surface area contributed by atoms with Gasteiger partial charge in [0.25, 0.3) is 5.69 Å². The van der Waals surface area contributed by atoms with Crippen molar-refractivity contribution in [3.63, 3.8) is 0 Å². The first kappa shape index (κ1) is 16.7. The minimum atomic E-state index is -4.21. The summed E-state index contributed by atoms with van der Waals surface area (Å²) in [6.45, 7) is 5.55. The summed E-state index contributed by atoms with van der Waals surface area (Å²) in [6, 6.07) is 3.95. The highest BCUT2D eigenvalue weighted by Gasteiger charge is 2.26. The lowest BCUT2D eigenvalue weighted by Gasteiger charge is -2.22. The SMILES string of the molecule is CON(c1cc([N+](=O)[O-])cc(C(C)(C)C)c1)S(=O)(=O)Cl. The Labute approximate surface area is 121 Å². The number of hydrogen-bond acceptors (Lipinski definition) is 5. The Balaban J connectivity index is 3.55. The molecule has 0 atom stereocenters. The van der Waals surface area contributed by atoms with Crippen LogP contribution in [0, 0.1) is 10.1 Å². The zero-order valence-electron chi connectivity index (χ0n) is 11.5. The van der Waals surface area contributed by atoms with Crippen molar-refractivity contribution in [2.75, 3.05) is 11.6 Å². The molecule has 0 saturated heterocycles. The van der Waals surface area contributed by atoms with E-state index in [9.17, 15) is 18.5 Å². The molecule has 0 aliphatic carbocycles. The fraction of sp³-hybridized carbons (Fsp3) is 0.455. The molecule has 0 spiro atoms. The van der Waals surface area contributed by atoms with E-state index in [1.54, 1.807) is 0 Å². The highest BCUT2D eigenvalue weighted by Crippen LogP contribution is 2.32. The molecule has 0 aliphatic rings. The fourth-order valence-electron chi connectivity index (χ4n) is 1.56. The van der Waals surface area contributed by atoms with Crippen LogP contribution in [0.2, 0.25) is 0 Å². The average molecular weight is 323 g/mol. The van der Waals surface area contributed by atoms with Crippen LogP contribution in [0.1, 0.15) is 26.3 Å². The van der Waals surface area contributed by atoms with Crippen LogP contribution in [0.5, 0.6) is 0 Å². The molecule has 1 rings (SSSR count).